The molecular formula is C87H127ClN21O8Si4+. The number of halogens is 1. The summed E-state index contributed by atoms with van der Waals surface area (Å²) in [6, 6.07) is 26.1. The van der Waals surface area contributed by atoms with Crippen LogP contribution in [0, 0.1) is 0 Å². The van der Waals surface area contributed by atoms with Gasteiger partial charge in [-0.25, -0.2) is 63.9 Å². The number of hydrogen-bond acceptors (Lipinski definition) is 25. The number of hydrogen-bond donors (Lipinski definition) is 0. The molecule has 34 heteroatoms. The number of nitrogens with zero attached hydrogens (tertiary/aromatic N) is 21. The molecule has 0 atom stereocenters. The zero-order chi connectivity index (χ0) is 85.7. The summed E-state index contributed by atoms with van der Waals surface area (Å²) in [6.45, 7) is 50.2. The SMILES string of the molecule is CC1(Oc2ccc3nn(COCC[Si](C)(C)C)c(-c4cc(Cl)ncn4)c3n2)CC1.CC1(Oc2ccc3nn(COCC[Si](C)(C)C)cc3n2)CC1.CN1CCN(c2cc(-c3c4nc(OC5(C)CC5)ccc4nn3COCC[Si](C)(C)C)ncn2)CC1.CN1CCN(c2cc(C3=[N+](COCC[Si](C)(C)C)Cc4ccc(OC5(C)CC5)nc43)ncn2)CC1. The second kappa shape index (κ2) is 37.2. The maximum absolute atomic E-state index is 6.21. The van der Waals surface area contributed by atoms with Crippen LogP contribution >= 0.6 is 11.6 Å². The molecule has 0 amide bonds. The fraction of sp³-hybridized carbons (Fsp3) is 0.586. The fourth-order valence-electron chi connectivity index (χ4n) is 13.6. The molecule has 121 heavy (non-hydrogen) atoms. The molecule has 0 radical (unpaired) electrons. The second-order valence-electron chi connectivity index (χ2n) is 39.6. The highest BCUT2D eigenvalue weighted by molar-refractivity contribution is 6.77. The predicted octanol–water partition coefficient (Wildman–Crippen LogP) is 15.6. The van der Waals surface area contributed by atoms with Crippen LogP contribution in [0.1, 0.15) is 96.0 Å². The Morgan fingerprint density at radius 2 is 0.793 bits per heavy atom. The van der Waals surface area contributed by atoms with Crippen LogP contribution in [0.15, 0.2) is 91.9 Å². The zero-order valence-electron chi connectivity index (χ0n) is 74.7. The van der Waals surface area contributed by atoms with Crippen LogP contribution in [0.3, 0.4) is 0 Å². The van der Waals surface area contributed by atoms with Crippen LogP contribution in [-0.2, 0) is 45.7 Å². The molecule has 13 heterocycles. The molecule has 4 saturated carbocycles. The lowest BCUT2D eigenvalue weighted by molar-refractivity contribution is -0.578. The largest absolute Gasteiger partial charge is 0.471 e. The van der Waals surface area contributed by atoms with Gasteiger partial charge < -0.3 is 57.5 Å². The minimum Gasteiger partial charge on any atom is -0.471 e. The number of piperazine rings is 2. The van der Waals surface area contributed by atoms with Gasteiger partial charge in [0.15, 0.2) is 6.54 Å². The highest BCUT2D eigenvalue weighted by Crippen LogP contribution is 2.44. The summed E-state index contributed by atoms with van der Waals surface area (Å²) in [7, 11) is -0.187. The van der Waals surface area contributed by atoms with E-state index in [0.29, 0.717) is 67.9 Å². The molecule has 10 aromatic heterocycles. The van der Waals surface area contributed by atoms with E-state index in [1.807, 2.05) is 58.0 Å². The molecule has 10 aromatic rings. The summed E-state index contributed by atoms with van der Waals surface area (Å²) in [5.41, 5.74) is 11.6. The number of rotatable bonds is 33. The minimum atomic E-state index is -1.17. The summed E-state index contributed by atoms with van der Waals surface area (Å²) < 4.78 is 56.0. The Bertz CT molecular complexity index is 5240. The van der Waals surface area contributed by atoms with Gasteiger partial charge in [-0.1, -0.05) is 90.2 Å². The van der Waals surface area contributed by atoms with Gasteiger partial charge in [0.1, 0.15) is 134 Å². The van der Waals surface area contributed by atoms with Crippen molar-refractivity contribution in [2.75, 3.05) is 109 Å². The average molecular weight is 1740 g/mol. The van der Waals surface area contributed by atoms with Gasteiger partial charge in [-0.05, 0) is 142 Å². The van der Waals surface area contributed by atoms with E-state index in [1.54, 1.807) is 23.4 Å². The summed E-state index contributed by atoms with van der Waals surface area (Å²) in [6.07, 6.45) is 15.3. The topological polar surface area (TPSA) is 272 Å². The smallest absolute Gasteiger partial charge is 0.254 e. The molecule has 4 aliphatic carbocycles. The Kier molecular flexibility index (Phi) is 27.3. The predicted molar refractivity (Wildman–Crippen MR) is 487 cm³/mol. The van der Waals surface area contributed by atoms with E-state index < -0.39 is 32.3 Å². The monoisotopic (exact) mass is 1740 g/mol. The lowest BCUT2D eigenvalue weighted by Crippen LogP contribution is -2.44. The molecule has 6 fully saturated rings. The number of pyridine rings is 4. The van der Waals surface area contributed by atoms with Crippen LogP contribution in [0.5, 0.6) is 23.5 Å². The van der Waals surface area contributed by atoms with E-state index in [2.05, 4.69) is 203 Å². The Morgan fingerprint density at radius 3 is 1.24 bits per heavy atom. The van der Waals surface area contributed by atoms with Crippen LogP contribution in [0.4, 0.5) is 11.6 Å². The third kappa shape index (κ3) is 25.4. The maximum Gasteiger partial charge on any atom is 0.254 e. The lowest BCUT2D eigenvalue weighted by Gasteiger charge is -2.33. The normalized spacial score (nSPS) is 17.8. The minimum absolute atomic E-state index is 0.00335. The van der Waals surface area contributed by atoms with Crippen molar-refractivity contribution in [1.29, 1.82) is 0 Å². The molecule has 0 spiro atoms. The van der Waals surface area contributed by atoms with Crippen molar-refractivity contribution in [2.24, 2.45) is 0 Å². The molecule has 29 nitrogen and oxygen atoms in total. The highest BCUT2D eigenvalue weighted by Gasteiger charge is 2.44. The fourth-order valence-corrected chi connectivity index (χ4v) is 16.8. The lowest BCUT2D eigenvalue weighted by atomic mass is 10.1. The van der Waals surface area contributed by atoms with E-state index in [1.165, 1.54) is 17.9 Å². The first kappa shape index (κ1) is 88.9. The van der Waals surface area contributed by atoms with Gasteiger partial charge in [-0.2, -0.15) is 19.9 Å². The molecule has 17 rings (SSSR count). The van der Waals surface area contributed by atoms with Gasteiger partial charge in [0.2, 0.25) is 30.3 Å². The Morgan fingerprint density at radius 1 is 0.405 bits per heavy atom. The van der Waals surface area contributed by atoms with Crippen molar-refractivity contribution in [3.8, 4) is 46.3 Å². The Labute approximate surface area is 722 Å². The summed E-state index contributed by atoms with van der Waals surface area (Å²) in [4.78, 5) is 55.4. The maximum atomic E-state index is 6.21. The Balaban J connectivity index is 0.000000134. The molecule has 3 aliphatic heterocycles. The molecule has 0 unspecified atom stereocenters. The third-order valence-electron chi connectivity index (χ3n) is 22.8. The summed E-state index contributed by atoms with van der Waals surface area (Å²) in [5.74, 6) is 4.51. The molecular weight excluding hydrogens is 1610 g/mol. The van der Waals surface area contributed by atoms with Gasteiger partial charge in [0.25, 0.3) is 5.71 Å². The quantitative estimate of drug-likeness (QED) is 0.0160. The first-order valence-electron chi connectivity index (χ1n) is 43.2. The van der Waals surface area contributed by atoms with Crippen molar-refractivity contribution in [3.63, 3.8) is 0 Å². The molecule has 0 bridgehead atoms. The molecule has 2 saturated heterocycles. The standard InChI is InChI=1S/C26H39N6O2Si.C25H37N7O2Si.C20H26ClN5O2Si.C16H25N3O2Si/c1-26(8-9-26)34-23-7-6-20-17-32(19-33-14-15-35(3,4)5)25(24(20)29-23)21-16-22(28-18-27-21)31-12-10-30(2)11-13-31;1-25(8-9-25)34-22-7-6-19-23(28-22)24(32(29-19)18-33-14-15-35(3,4)5)20-16-21(27-17-26-20)31-12-10-30(2)11-13-31;1-20(7-8-20)28-17-6-5-14-18(24-17)19(15-11-16(21)23-12-22-15)26(25-14)13-27-9-10-29(2,3)4;1-16(7-8-16)21-15-6-5-13-14(17-15)11-19(18-13)12-20-9-10-22(2,3)4/h6-7,16,18H,8-15,17,19H2,1-5H3;6-7,16-17H,8-15,18H2,1-5H3;5-6,11-12H,7-10,13H2,1-4H3;5-6,11H,7-10,12H2,1-4H3/q+1;;;. The molecule has 650 valence electrons. The third-order valence-corrected chi connectivity index (χ3v) is 29.8. The van der Waals surface area contributed by atoms with Crippen LogP contribution in [-0.4, -0.2) is 254 Å². The van der Waals surface area contributed by atoms with Gasteiger partial charge in [0, 0.05) is 153 Å². The molecule has 7 aliphatic rings. The summed E-state index contributed by atoms with van der Waals surface area (Å²) in [5, 5.41) is 14.4. The van der Waals surface area contributed by atoms with Crippen LogP contribution in [0.2, 0.25) is 108 Å². The average Bonchev–Trinajstić information content (AvgIpc) is 1.62. The number of ether oxygens (including phenoxy) is 8. The van der Waals surface area contributed by atoms with Crippen molar-refractivity contribution < 1.29 is 42.5 Å². The van der Waals surface area contributed by atoms with E-state index in [4.69, 9.17) is 74.5 Å². The van der Waals surface area contributed by atoms with E-state index in [-0.39, 0.29) is 22.4 Å². The van der Waals surface area contributed by atoms with E-state index in [0.717, 1.165) is 227 Å². The van der Waals surface area contributed by atoms with Crippen LogP contribution in [0.25, 0.3) is 55.9 Å². The first-order valence-corrected chi connectivity index (χ1v) is 58.4. The van der Waals surface area contributed by atoms with Gasteiger partial charge in [-0.3, -0.25) is 0 Å². The number of aromatic nitrogens is 16. The number of fused-ring (bicyclic) bond motifs is 4. The van der Waals surface area contributed by atoms with Crippen LogP contribution < -0.4 is 28.7 Å². The van der Waals surface area contributed by atoms with Crippen molar-refractivity contribution in [2.45, 2.75) is 231 Å². The van der Waals surface area contributed by atoms with Crippen molar-refractivity contribution in [1.82, 2.24) is 89.0 Å². The molecule has 0 N–H and O–H groups in total. The van der Waals surface area contributed by atoms with Gasteiger partial charge >= 0.3 is 0 Å². The first-order chi connectivity index (χ1) is 57.4. The second-order valence-corrected chi connectivity index (χ2v) is 62.5. The Hall–Kier alpha value is -8.36. The van der Waals surface area contributed by atoms with E-state index in [9.17, 15) is 0 Å². The number of anilines is 2. The molecule has 0 aromatic carbocycles. The highest BCUT2D eigenvalue weighted by atomic mass is 35.5. The van der Waals surface area contributed by atoms with Gasteiger partial charge in [0.05, 0.1) is 24.2 Å². The van der Waals surface area contributed by atoms with Crippen molar-refractivity contribution in [3.05, 3.63) is 114 Å². The van der Waals surface area contributed by atoms with E-state index >= 15 is 0 Å². The zero-order valence-corrected chi connectivity index (χ0v) is 79.5. The van der Waals surface area contributed by atoms with Gasteiger partial charge in [-0.15, -0.1) is 0 Å². The number of likely N-dealkylation sites (N-methyl/N-ethyl adjacent to an activating group) is 2. The summed E-state index contributed by atoms with van der Waals surface area (Å²) >= 11 is 6.12. The van der Waals surface area contributed by atoms with Crippen molar-refractivity contribution >= 4 is 94.3 Å².